The first-order chi connectivity index (χ1) is 17.7. The first-order valence-corrected chi connectivity index (χ1v) is 12.2. The van der Waals surface area contributed by atoms with Gasteiger partial charge in [0.15, 0.2) is 11.5 Å². The standard InChI is InChI=1S/C29H31N3O4/c1-20-7-9-21(10-8-20)23-11-12-25-24(19-23)28(32-14-17-35-18-15-32)31-29(30-25)36-16-13-22-5-4-6-26(33-2)27(22)34-3/h4-12,19H,13-18H2,1-3H3. The Bertz CT molecular complexity index is 1330. The molecular formula is C29H31N3O4. The normalized spacial score (nSPS) is 13.6. The summed E-state index contributed by atoms with van der Waals surface area (Å²) in [4.78, 5) is 11.9. The van der Waals surface area contributed by atoms with Crippen LogP contribution in [0.25, 0.3) is 22.0 Å². The summed E-state index contributed by atoms with van der Waals surface area (Å²) in [7, 11) is 3.28. The molecule has 1 saturated heterocycles. The fraction of sp³-hybridized carbons (Fsp3) is 0.310. The van der Waals surface area contributed by atoms with Gasteiger partial charge in [-0.25, -0.2) is 0 Å². The van der Waals surface area contributed by atoms with Crippen LogP contribution >= 0.6 is 0 Å². The van der Waals surface area contributed by atoms with Crippen LogP contribution in [-0.4, -0.2) is 57.1 Å². The molecule has 0 amide bonds. The van der Waals surface area contributed by atoms with E-state index in [0.29, 0.717) is 38.0 Å². The zero-order valence-electron chi connectivity index (χ0n) is 21.0. The molecule has 186 valence electrons. The van der Waals surface area contributed by atoms with Crippen molar-refractivity contribution in [1.29, 1.82) is 0 Å². The number of anilines is 1. The second kappa shape index (κ2) is 10.8. The number of ether oxygens (including phenoxy) is 4. The van der Waals surface area contributed by atoms with Crippen molar-refractivity contribution in [3.8, 4) is 28.6 Å². The van der Waals surface area contributed by atoms with Gasteiger partial charge >= 0.3 is 6.01 Å². The van der Waals surface area contributed by atoms with Crippen molar-refractivity contribution >= 4 is 16.7 Å². The Kier molecular flexibility index (Phi) is 7.18. The smallest absolute Gasteiger partial charge is 0.318 e. The van der Waals surface area contributed by atoms with Gasteiger partial charge in [-0.2, -0.15) is 9.97 Å². The van der Waals surface area contributed by atoms with Crippen LogP contribution in [0.5, 0.6) is 17.5 Å². The third kappa shape index (κ3) is 5.06. The summed E-state index contributed by atoms with van der Waals surface area (Å²) in [6.45, 7) is 5.42. The van der Waals surface area contributed by atoms with Crippen LogP contribution in [0.15, 0.2) is 60.7 Å². The molecule has 5 rings (SSSR count). The third-order valence-corrected chi connectivity index (χ3v) is 6.44. The molecule has 1 aromatic heterocycles. The number of aromatic nitrogens is 2. The van der Waals surface area contributed by atoms with Crippen LogP contribution in [0.2, 0.25) is 0 Å². The van der Waals surface area contributed by atoms with Gasteiger partial charge in [0.1, 0.15) is 5.82 Å². The van der Waals surface area contributed by atoms with Crippen molar-refractivity contribution in [2.75, 3.05) is 52.0 Å². The number of nitrogens with zero attached hydrogens (tertiary/aromatic N) is 3. The Morgan fingerprint density at radius 2 is 1.67 bits per heavy atom. The lowest BCUT2D eigenvalue weighted by Gasteiger charge is -2.29. The molecule has 2 heterocycles. The topological polar surface area (TPSA) is 65.9 Å². The summed E-state index contributed by atoms with van der Waals surface area (Å²) < 4.78 is 22.6. The highest BCUT2D eigenvalue weighted by Gasteiger charge is 2.19. The van der Waals surface area contributed by atoms with Crippen LogP contribution in [-0.2, 0) is 11.2 Å². The first kappa shape index (κ1) is 23.9. The molecule has 3 aromatic carbocycles. The zero-order valence-corrected chi connectivity index (χ0v) is 21.0. The highest BCUT2D eigenvalue weighted by molar-refractivity contribution is 5.93. The van der Waals surface area contributed by atoms with Crippen molar-refractivity contribution in [2.45, 2.75) is 13.3 Å². The van der Waals surface area contributed by atoms with E-state index in [2.05, 4.69) is 48.2 Å². The summed E-state index contributed by atoms with van der Waals surface area (Å²) in [6.07, 6.45) is 0.640. The van der Waals surface area contributed by atoms with E-state index in [1.165, 1.54) is 11.1 Å². The second-order valence-electron chi connectivity index (χ2n) is 8.78. The predicted octanol–water partition coefficient (Wildman–Crippen LogP) is 5.08. The second-order valence-corrected chi connectivity index (χ2v) is 8.78. The molecule has 0 bridgehead atoms. The van der Waals surface area contributed by atoms with Crippen LogP contribution in [0.3, 0.4) is 0 Å². The van der Waals surface area contributed by atoms with E-state index in [4.69, 9.17) is 28.9 Å². The lowest BCUT2D eigenvalue weighted by atomic mass is 10.0. The molecule has 0 spiro atoms. The predicted molar refractivity (Wildman–Crippen MR) is 141 cm³/mol. The van der Waals surface area contributed by atoms with E-state index in [-0.39, 0.29) is 0 Å². The Balaban J connectivity index is 1.44. The zero-order chi connectivity index (χ0) is 24.9. The fourth-order valence-corrected chi connectivity index (χ4v) is 4.50. The number of benzene rings is 3. The monoisotopic (exact) mass is 485 g/mol. The minimum absolute atomic E-state index is 0.369. The minimum Gasteiger partial charge on any atom is -0.493 e. The maximum absolute atomic E-state index is 6.07. The van der Waals surface area contributed by atoms with Crippen molar-refractivity contribution in [1.82, 2.24) is 9.97 Å². The van der Waals surface area contributed by atoms with Crippen LogP contribution in [0, 0.1) is 6.92 Å². The maximum Gasteiger partial charge on any atom is 0.318 e. The van der Waals surface area contributed by atoms with E-state index in [1.54, 1.807) is 14.2 Å². The summed E-state index contributed by atoms with van der Waals surface area (Å²) in [5, 5.41) is 1.01. The van der Waals surface area contributed by atoms with Gasteiger partial charge in [0.05, 0.1) is 39.6 Å². The Morgan fingerprint density at radius 1 is 0.889 bits per heavy atom. The largest absolute Gasteiger partial charge is 0.493 e. The summed E-state index contributed by atoms with van der Waals surface area (Å²) >= 11 is 0. The molecule has 36 heavy (non-hydrogen) atoms. The first-order valence-electron chi connectivity index (χ1n) is 12.2. The van der Waals surface area contributed by atoms with Crippen molar-refractivity contribution in [3.63, 3.8) is 0 Å². The van der Waals surface area contributed by atoms with Gasteiger partial charge in [0.25, 0.3) is 0 Å². The molecule has 1 aliphatic rings. The van der Waals surface area contributed by atoms with Crippen LogP contribution < -0.4 is 19.1 Å². The number of fused-ring (bicyclic) bond motifs is 1. The Morgan fingerprint density at radius 3 is 2.42 bits per heavy atom. The van der Waals surface area contributed by atoms with Gasteiger partial charge in [-0.05, 0) is 36.2 Å². The Labute approximate surface area is 211 Å². The number of aryl methyl sites for hydroxylation is 1. The molecule has 0 atom stereocenters. The number of hydrogen-bond acceptors (Lipinski definition) is 7. The quantitative estimate of drug-likeness (QED) is 0.345. The van der Waals surface area contributed by atoms with E-state index >= 15 is 0 Å². The molecule has 7 heteroatoms. The van der Waals surface area contributed by atoms with Gasteiger partial charge in [0.2, 0.25) is 0 Å². The number of methoxy groups -OCH3 is 2. The molecular weight excluding hydrogens is 454 g/mol. The van der Waals surface area contributed by atoms with E-state index in [0.717, 1.165) is 46.7 Å². The fourth-order valence-electron chi connectivity index (χ4n) is 4.50. The Hall–Kier alpha value is -3.84. The van der Waals surface area contributed by atoms with E-state index < -0.39 is 0 Å². The van der Waals surface area contributed by atoms with Crippen LogP contribution in [0.1, 0.15) is 11.1 Å². The number of hydrogen-bond donors (Lipinski definition) is 0. The van der Waals surface area contributed by atoms with E-state index in [9.17, 15) is 0 Å². The minimum atomic E-state index is 0.369. The third-order valence-electron chi connectivity index (χ3n) is 6.44. The molecule has 0 N–H and O–H groups in total. The highest BCUT2D eigenvalue weighted by atomic mass is 16.5. The molecule has 1 fully saturated rings. The van der Waals surface area contributed by atoms with Gasteiger partial charge in [-0.15, -0.1) is 0 Å². The summed E-state index contributed by atoms with van der Waals surface area (Å²) in [5.41, 5.74) is 5.41. The maximum atomic E-state index is 6.07. The summed E-state index contributed by atoms with van der Waals surface area (Å²) in [6, 6.07) is 21.1. The average Bonchev–Trinajstić information content (AvgIpc) is 2.93. The number of rotatable bonds is 8. The summed E-state index contributed by atoms with van der Waals surface area (Å²) in [5.74, 6) is 2.31. The molecule has 0 radical (unpaired) electrons. The van der Waals surface area contributed by atoms with Crippen molar-refractivity contribution in [3.05, 3.63) is 71.8 Å². The SMILES string of the molecule is COc1cccc(CCOc2nc(N3CCOCC3)c3cc(-c4ccc(C)cc4)ccc3n2)c1OC. The lowest BCUT2D eigenvalue weighted by Crippen LogP contribution is -2.37. The van der Waals surface area contributed by atoms with E-state index in [1.807, 2.05) is 24.3 Å². The lowest BCUT2D eigenvalue weighted by molar-refractivity contribution is 0.122. The molecule has 7 nitrogen and oxygen atoms in total. The van der Waals surface area contributed by atoms with Gasteiger partial charge in [0, 0.05) is 30.5 Å². The number of morpholine rings is 1. The average molecular weight is 486 g/mol. The van der Waals surface area contributed by atoms with Gasteiger partial charge < -0.3 is 23.8 Å². The number of para-hydroxylation sites is 1. The molecule has 0 aliphatic carbocycles. The molecule has 1 aliphatic heterocycles. The van der Waals surface area contributed by atoms with Crippen molar-refractivity contribution < 1.29 is 18.9 Å². The highest BCUT2D eigenvalue weighted by Crippen LogP contribution is 2.33. The molecule has 0 saturated carbocycles. The molecule has 0 unspecified atom stereocenters. The van der Waals surface area contributed by atoms with Crippen molar-refractivity contribution in [2.24, 2.45) is 0 Å². The molecule has 4 aromatic rings. The van der Waals surface area contributed by atoms with Gasteiger partial charge in [-0.1, -0.05) is 48.0 Å². The van der Waals surface area contributed by atoms with Gasteiger partial charge in [-0.3, -0.25) is 0 Å². The van der Waals surface area contributed by atoms with Crippen LogP contribution in [0.4, 0.5) is 5.82 Å².